The van der Waals surface area contributed by atoms with Gasteiger partial charge in [0.15, 0.2) is 0 Å². The Morgan fingerprint density at radius 2 is 2.12 bits per heavy atom. The predicted molar refractivity (Wildman–Crippen MR) is 59.1 cm³/mol. The SMILES string of the molecule is CC(C)(C)OC(=O)N1CC(n2cccn2)C1. The third kappa shape index (κ3) is 2.35. The summed E-state index contributed by atoms with van der Waals surface area (Å²) in [4.78, 5) is 13.3. The van der Waals surface area contributed by atoms with Gasteiger partial charge in [-0.3, -0.25) is 4.68 Å². The van der Waals surface area contributed by atoms with E-state index < -0.39 is 5.60 Å². The molecule has 0 unspecified atom stereocenters. The highest BCUT2D eigenvalue weighted by molar-refractivity contribution is 5.69. The van der Waals surface area contributed by atoms with Crippen molar-refractivity contribution >= 4 is 6.09 Å². The van der Waals surface area contributed by atoms with E-state index >= 15 is 0 Å². The molecular weight excluding hydrogens is 206 g/mol. The number of hydrogen-bond acceptors (Lipinski definition) is 3. The zero-order valence-corrected chi connectivity index (χ0v) is 9.88. The summed E-state index contributed by atoms with van der Waals surface area (Å²) in [6, 6.07) is 2.18. The van der Waals surface area contributed by atoms with Gasteiger partial charge in [0.1, 0.15) is 5.60 Å². The van der Waals surface area contributed by atoms with Crippen molar-refractivity contribution in [2.24, 2.45) is 0 Å². The molecule has 5 nitrogen and oxygen atoms in total. The van der Waals surface area contributed by atoms with E-state index in [-0.39, 0.29) is 6.09 Å². The second-order valence-electron chi connectivity index (χ2n) is 5.03. The Bertz CT molecular complexity index is 361. The van der Waals surface area contributed by atoms with Crippen LogP contribution in [0.2, 0.25) is 0 Å². The van der Waals surface area contributed by atoms with Crippen molar-refractivity contribution in [3.05, 3.63) is 18.5 Å². The van der Waals surface area contributed by atoms with E-state index in [9.17, 15) is 4.79 Å². The lowest BCUT2D eigenvalue weighted by atomic mass is 10.1. The summed E-state index contributed by atoms with van der Waals surface area (Å²) in [5.74, 6) is 0. The smallest absolute Gasteiger partial charge is 0.410 e. The Morgan fingerprint density at radius 3 is 2.62 bits per heavy atom. The van der Waals surface area contributed by atoms with Crippen molar-refractivity contribution in [2.45, 2.75) is 32.4 Å². The van der Waals surface area contributed by atoms with Crippen molar-refractivity contribution in [1.82, 2.24) is 14.7 Å². The fourth-order valence-corrected chi connectivity index (χ4v) is 1.59. The highest BCUT2D eigenvalue weighted by Gasteiger charge is 2.34. The minimum Gasteiger partial charge on any atom is -0.444 e. The van der Waals surface area contributed by atoms with Crippen molar-refractivity contribution in [1.29, 1.82) is 0 Å². The molecule has 0 aromatic carbocycles. The second-order valence-corrected chi connectivity index (χ2v) is 5.03. The van der Waals surface area contributed by atoms with Crippen LogP contribution in [0.15, 0.2) is 18.5 Å². The van der Waals surface area contributed by atoms with Gasteiger partial charge in [-0.25, -0.2) is 4.79 Å². The third-order valence-electron chi connectivity index (χ3n) is 2.41. The van der Waals surface area contributed by atoms with Gasteiger partial charge < -0.3 is 9.64 Å². The molecular formula is C11H17N3O2. The second kappa shape index (κ2) is 3.81. The van der Waals surface area contributed by atoms with Crippen molar-refractivity contribution < 1.29 is 9.53 Å². The van der Waals surface area contributed by atoms with Crippen LogP contribution >= 0.6 is 0 Å². The summed E-state index contributed by atoms with van der Waals surface area (Å²) in [5, 5.41) is 4.14. The van der Waals surface area contributed by atoms with Crippen LogP contribution in [-0.4, -0.2) is 39.5 Å². The van der Waals surface area contributed by atoms with Gasteiger partial charge in [0.2, 0.25) is 0 Å². The first-order chi connectivity index (χ1) is 7.46. The largest absolute Gasteiger partial charge is 0.444 e. The van der Waals surface area contributed by atoms with E-state index in [1.807, 2.05) is 37.7 Å². The zero-order chi connectivity index (χ0) is 11.8. The number of nitrogens with zero attached hydrogens (tertiary/aromatic N) is 3. The van der Waals surface area contributed by atoms with Crippen molar-refractivity contribution in [3.8, 4) is 0 Å². The Labute approximate surface area is 95.0 Å². The molecule has 1 aromatic rings. The maximum Gasteiger partial charge on any atom is 0.410 e. The Kier molecular flexibility index (Phi) is 2.61. The fraction of sp³-hybridized carbons (Fsp3) is 0.636. The maximum atomic E-state index is 11.6. The lowest BCUT2D eigenvalue weighted by Crippen LogP contribution is -2.52. The number of carbonyl (C=O) groups excluding carboxylic acids is 1. The van der Waals surface area contributed by atoms with E-state index in [1.165, 1.54) is 0 Å². The van der Waals surface area contributed by atoms with Crippen LogP contribution in [0.25, 0.3) is 0 Å². The van der Waals surface area contributed by atoms with E-state index in [2.05, 4.69) is 5.10 Å². The molecule has 0 atom stereocenters. The van der Waals surface area contributed by atoms with Gasteiger partial charge in [-0.05, 0) is 26.8 Å². The number of hydrogen-bond donors (Lipinski definition) is 0. The minimum atomic E-state index is -0.423. The number of amides is 1. The molecule has 0 radical (unpaired) electrons. The Morgan fingerprint density at radius 1 is 1.44 bits per heavy atom. The summed E-state index contributed by atoms with van der Waals surface area (Å²) in [7, 11) is 0. The van der Waals surface area contributed by atoms with Gasteiger partial charge in [0.05, 0.1) is 6.04 Å². The van der Waals surface area contributed by atoms with Gasteiger partial charge in [0, 0.05) is 25.5 Å². The summed E-state index contributed by atoms with van der Waals surface area (Å²) in [6.07, 6.45) is 3.42. The summed E-state index contributed by atoms with van der Waals surface area (Å²) in [6.45, 7) is 6.97. The minimum absolute atomic E-state index is 0.240. The number of likely N-dealkylation sites (tertiary alicyclic amines) is 1. The van der Waals surface area contributed by atoms with Crippen LogP contribution in [0, 0.1) is 0 Å². The first kappa shape index (κ1) is 11.0. The van der Waals surface area contributed by atoms with Gasteiger partial charge in [-0.2, -0.15) is 5.10 Å². The molecule has 1 aliphatic heterocycles. The summed E-state index contributed by atoms with van der Waals surface area (Å²) in [5.41, 5.74) is -0.423. The van der Waals surface area contributed by atoms with E-state index in [1.54, 1.807) is 11.1 Å². The molecule has 2 rings (SSSR count). The van der Waals surface area contributed by atoms with Crippen LogP contribution in [-0.2, 0) is 4.74 Å². The zero-order valence-electron chi connectivity index (χ0n) is 9.88. The van der Waals surface area contributed by atoms with E-state index in [4.69, 9.17) is 4.74 Å². The van der Waals surface area contributed by atoms with Crippen LogP contribution in [0.4, 0.5) is 4.79 Å². The molecule has 0 saturated carbocycles. The highest BCUT2D eigenvalue weighted by Crippen LogP contribution is 2.22. The topological polar surface area (TPSA) is 47.4 Å². The van der Waals surface area contributed by atoms with E-state index in [0.29, 0.717) is 19.1 Å². The number of rotatable bonds is 1. The molecule has 1 aliphatic rings. The number of ether oxygens (including phenoxy) is 1. The molecule has 0 spiro atoms. The Balaban J connectivity index is 1.82. The first-order valence-corrected chi connectivity index (χ1v) is 5.43. The van der Waals surface area contributed by atoms with Gasteiger partial charge in [-0.15, -0.1) is 0 Å². The molecule has 5 heteroatoms. The molecule has 1 saturated heterocycles. The highest BCUT2D eigenvalue weighted by atomic mass is 16.6. The molecule has 2 heterocycles. The predicted octanol–water partition coefficient (Wildman–Crippen LogP) is 1.67. The molecule has 0 bridgehead atoms. The van der Waals surface area contributed by atoms with E-state index in [0.717, 1.165) is 0 Å². The van der Waals surface area contributed by atoms with Crippen LogP contribution in [0.5, 0.6) is 0 Å². The quantitative estimate of drug-likeness (QED) is 0.727. The first-order valence-electron chi connectivity index (χ1n) is 5.43. The fourth-order valence-electron chi connectivity index (χ4n) is 1.59. The van der Waals surface area contributed by atoms with Crippen LogP contribution in [0.3, 0.4) is 0 Å². The van der Waals surface area contributed by atoms with Crippen molar-refractivity contribution in [3.63, 3.8) is 0 Å². The molecule has 0 aliphatic carbocycles. The monoisotopic (exact) mass is 223 g/mol. The average molecular weight is 223 g/mol. The third-order valence-corrected chi connectivity index (χ3v) is 2.41. The maximum absolute atomic E-state index is 11.6. The average Bonchev–Trinajstić information content (AvgIpc) is 2.49. The van der Waals surface area contributed by atoms with Crippen LogP contribution < -0.4 is 0 Å². The normalized spacial score (nSPS) is 17.1. The van der Waals surface area contributed by atoms with Crippen LogP contribution in [0.1, 0.15) is 26.8 Å². The molecule has 0 N–H and O–H groups in total. The molecule has 1 amide bonds. The summed E-state index contributed by atoms with van der Waals surface area (Å²) >= 11 is 0. The van der Waals surface area contributed by atoms with Gasteiger partial charge >= 0.3 is 6.09 Å². The van der Waals surface area contributed by atoms with Gasteiger partial charge in [-0.1, -0.05) is 0 Å². The molecule has 16 heavy (non-hydrogen) atoms. The molecule has 88 valence electrons. The Hall–Kier alpha value is -1.52. The molecule has 1 fully saturated rings. The summed E-state index contributed by atoms with van der Waals surface area (Å²) < 4.78 is 7.14. The number of aromatic nitrogens is 2. The van der Waals surface area contributed by atoms with Gasteiger partial charge in [0.25, 0.3) is 0 Å². The molecule has 1 aromatic heterocycles. The number of carbonyl (C=O) groups is 1. The standard InChI is InChI=1S/C11H17N3O2/c1-11(2,3)16-10(15)13-7-9(8-13)14-6-4-5-12-14/h4-6,9H,7-8H2,1-3H3. The van der Waals surface area contributed by atoms with Crippen molar-refractivity contribution in [2.75, 3.05) is 13.1 Å². The lowest BCUT2D eigenvalue weighted by Gasteiger charge is -2.39. The lowest BCUT2D eigenvalue weighted by molar-refractivity contribution is -0.000386.